The number of phenolic OH excluding ortho intramolecular Hbond substituents is 1. The van der Waals surface area contributed by atoms with E-state index in [1.807, 2.05) is 20.0 Å². The Morgan fingerprint density at radius 1 is 1.31 bits per heavy atom. The first-order valence-electron chi connectivity index (χ1n) is 5.54. The van der Waals surface area contributed by atoms with E-state index in [0.29, 0.717) is 12.3 Å². The molecule has 1 aromatic heterocycles. The predicted molar refractivity (Wildman–Crippen MR) is 66.8 cm³/mol. The van der Waals surface area contributed by atoms with Crippen LogP contribution in [0.3, 0.4) is 0 Å². The molecule has 0 saturated carbocycles. The lowest BCUT2D eigenvalue weighted by atomic mass is 10.0. The maximum atomic E-state index is 9.77. The zero-order chi connectivity index (χ0) is 11.9. The van der Waals surface area contributed by atoms with Crippen molar-refractivity contribution < 1.29 is 5.11 Å². The quantitative estimate of drug-likeness (QED) is 0.810. The summed E-state index contributed by atoms with van der Waals surface area (Å²) in [4.78, 5) is 0. The number of aromatic nitrogens is 1. The lowest BCUT2D eigenvalue weighted by Gasteiger charge is -2.03. The van der Waals surface area contributed by atoms with E-state index in [1.165, 1.54) is 11.3 Å². The molecule has 2 aromatic rings. The summed E-state index contributed by atoms with van der Waals surface area (Å²) in [5.74, 6) is 0.358. The van der Waals surface area contributed by atoms with Gasteiger partial charge in [0.25, 0.3) is 0 Å². The highest BCUT2D eigenvalue weighted by Crippen LogP contribution is 2.32. The topological polar surface area (TPSA) is 51.2 Å². The number of hydrogen-bond donors (Lipinski definition) is 2. The van der Waals surface area contributed by atoms with Crippen LogP contribution in [0.5, 0.6) is 5.75 Å². The minimum Gasteiger partial charge on any atom is -0.508 e. The molecule has 0 aliphatic carbocycles. The molecular formula is C13H18N2O. The van der Waals surface area contributed by atoms with E-state index < -0.39 is 0 Å². The van der Waals surface area contributed by atoms with E-state index in [9.17, 15) is 5.11 Å². The summed E-state index contributed by atoms with van der Waals surface area (Å²) < 4.78 is 2.16. The Hall–Kier alpha value is -1.48. The molecule has 0 atom stereocenters. The molecule has 0 bridgehead atoms. The van der Waals surface area contributed by atoms with Gasteiger partial charge in [0.15, 0.2) is 0 Å². The molecule has 3 N–H and O–H groups in total. The number of fused-ring (bicyclic) bond motifs is 1. The average molecular weight is 218 g/mol. The molecule has 86 valence electrons. The van der Waals surface area contributed by atoms with Crippen LogP contribution in [0, 0.1) is 13.8 Å². The van der Waals surface area contributed by atoms with E-state index in [2.05, 4.69) is 11.5 Å². The third-order valence-electron chi connectivity index (χ3n) is 3.41. The Bertz CT molecular complexity index is 541. The minimum absolute atomic E-state index is 0.358. The van der Waals surface area contributed by atoms with Crippen LogP contribution in [0.25, 0.3) is 10.9 Å². The number of phenols is 1. The van der Waals surface area contributed by atoms with E-state index in [4.69, 9.17) is 5.73 Å². The Morgan fingerprint density at radius 2 is 2.00 bits per heavy atom. The third-order valence-corrected chi connectivity index (χ3v) is 3.41. The molecule has 0 aliphatic rings. The van der Waals surface area contributed by atoms with Gasteiger partial charge in [0.05, 0.1) is 0 Å². The first-order chi connectivity index (χ1) is 7.57. The van der Waals surface area contributed by atoms with Crippen LogP contribution in [0.15, 0.2) is 12.1 Å². The molecule has 3 heteroatoms. The molecule has 0 spiro atoms. The van der Waals surface area contributed by atoms with Gasteiger partial charge in [-0.2, -0.15) is 0 Å². The van der Waals surface area contributed by atoms with E-state index >= 15 is 0 Å². The van der Waals surface area contributed by atoms with Gasteiger partial charge in [0.1, 0.15) is 5.75 Å². The van der Waals surface area contributed by atoms with E-state index in [-0.39, 0.29) is 0 Å². The highest BCUT2D eigenvalue weighted by molar-refractivity contribution is 5.90. The molecule has 2 rings (SSSR count). The van der Waals surface area contributed by atoms with Crippen LogP contribution in [0.1, 0.15) is 16.8 Å². The lowest BCUT2D eigenvalue weighted by Crippen LogP contribution is -2.04. The fraction of sp³-hybridized carbons (Fsp3) is 0.385. The zero-order valence-electron chi connectivity index (χ0n) is 10.0. The van der Waals surface area contributed by atoms with Gasteiger partial charge in [-0.25, -0.2) is 0 Å². The summed E-state index contributed by atoms with van der Waals surface area (Å²) in [7, 11) is 2.05. The van der Waals surface area contributed by atoms with Crippen molar-refractivity contribution in [2.75, 3.05) is 6.54 Å². The van der Waals surface area contributed by atoms with Crippen LogP contribution < -0.4 is 5.73 Å². The van der Waals surface area contributed by atoms with Crippen molar-refractivity contribution >= 4 is 10.9 Å². The predicted octanol–water partition coefficient (Wildman–Crippen LogP) is 2.00. The van der Waals surface area contributed by atoms with Crippen LogP contribution in [0.2, 0.25) is 0 Å². The number of aryl methyl sites for hydroxylation is 2. The van der Waals surface area contributed by atoms with Gasteiger partial charge in [-0.05, 0) is 44.5 Å². The highest BCUT2D eigenvalue weighted by atomic mass is 16.3. The Morgan fingerprint density at radius 3 is 2.62 bits per heavy atom. The molecule has 3 nitrogen and oxygen atoms in total. The Labute approximate surface area is 95.5 Å². The summed E-state index contributed by atoms with van der Waals surface area (Å²) in [6, 6.07) is 3.72. The van der Waals surface area contributed by atoms with Crippen molar-refractivity contribution in [1.29, 1.82) is 0 Å². The summed E-state index contributed by atoms with van der Waals surface area (Å²) in [5.41, 5.74) is 10.2. The van der Waals surface area contributed by atoms with Gasteiger partial charge in [0.2, 0.25) is 0 Å². The van der Waals surface area contributed by atoms with Crippen LogP contribution in [0.4, 0.5) is 0 Å². The van der Waals surface area contributed by atoms with Gasteiger partial charge >= 0.3 is 0 Å². The fourth-order valence-corrected chi connectivity index (χ4v) is 2.36. The number of hydrogen-bond acceptors (Lipinski definition) is 2. The summed E-state index contributed by atoms with van der Waals surface area (Å²) >= 11 is 0. The molecule has 1 heterocycles. The van der Waals surface area contributed by atoms with Crippen LogP contribution in [-0.4, -0.2) is 16.2 Å². The van der Waals surface area contributed by atoms with Crippen molar-refractivity contribution in [3.8, 4) is 5.75 Å². The van der Waals surface area contributed by atoms with Crippen LogP contribution >= 0.6 is 0 Å². The summed E-state index contributed by atoms with van der Waals surface area (Å²) in [6.45, 7) is 4.69. The maximum absolute atomic E-state index is 9.77. The summed E-state index contributed by atoms with van der Waals surface area (Å²) in [5, 5.41) is 10.9. The largest absolute Gasteiger partial charge is 0.508 e. The Balaban J connectivity index is 2.86. The van der Waals surface area contributed by atoms with Crippen molar-refractivity contribution in [1.82, 2.24) is 4.57 Å². The maximum Gasteiger partial charge on any atom is 0.119 e. The van der Waals surface area contributed by atoms with Gasteiger partial charge in [-0.1, -0.05) is 0 Å². The van der Waals surface area contributed by atoms with Crippen molar-refractivity contribution in [2.45, 2.75) is 20.3 Å². The van der Waals surface area contributed by atoms with Crippen molar-refractivity contribution in [2.24, 2.45) is 12.8 Å². The number of nitrogens with zero attached hydrogens (tertiary/aromatic N) is 1. The van der Waals surface area contributed by atoms with Gasteiger partial charge in [-0.15, -0.1) is 0 Å². The van der Waals surface area contributed by atoms with Crippen molar-refractivity contribution in [3.05, 3.63) is 29.0 Å². The smallest absolute Gasteiger partial charge is 0.119 e. The Kier molecular flexibility index (Phi) is 2.64. The molecule has 0 saturated heterocycles. The first kappa shape index (κ1) is 11.0. The van der Waals surface area contributed by atoms with Crippen molar-refractivity contribution in [3.63, 3.8) is 0 Å². The number of aromatic hydroxyl groups is 1. The second-order valence-corrected chi connectivity index (χ2v) is 4.27. The minimum atomic E-state index is 0.358. The highest BCUT2D eigenvalue weighted by Gasteiger charge is 2.14. The van der Waals surface area contributed by atoms with Gasteiger partial charge < -0.3 is 15.4 Å². The molecule has 0 aliphatic heterocycles. The van der Waals surface area contributed by atoms with Gasteiger partial charge in [0, 0.05) is 29.2 Å². The monoisotopic (exact) mass is 218 g/mol. The molecule has 16 heavy (non-hydrogen) atoms. The molecule has 0 unspecified atom stereocenters. The van der Waals surface area contributed by atoms with E-state index in [0.717, 1.165) is 22.9 Å². The second-order valence-electron chi connectivity index (χ2n) is 4.27. The molecule has 0 amide bonds. The number of benzene rings is 1. The van der Waals surface area contributed by atoms with E-state index in [1.54, 1.807) is 6.07 Å². The second kappa shape index (κ2) is 3.83. The number of rotatable bonds is 2. The standard InChI is InChI=1S/C13H18N2O/c1-8-12(16)5-4-11-13(8)10(6-7-14)9(2)15(11)3/h4-5,16H,6-7,14H2,1-3H3. The lowest BCUT2D eigenvalue weighted by molar-refractivity contribution is 0.472. The molecule has 0 radical (unpaired) electrons. The summed E-state index contributed by atoms with van der Waals surface area (Å²) in [6.07, 6.45) is 0.855. The molecular weight excluding hydrogens is 200 g/mol. The molecule has 1 aromatic carbocycles. The van der Waals surface area contributed by atoms with Gasteiger partial charge in [-0.3, -0.25) is 0 Å². The SMILES string of the molecule is Cc1c(O)ccc2c1c(CCN)c(C)n2C. The van der Waals surface area contributed by atoms with Crippen LogP contribution in [-0.2, 0) is 13.5 Å². The average Bonchev–Trinajstić information content (AvgIpc) is 2.50. The fourth-order valence-electron chi connectivity index (χ4n) is 2.36. The zero-order valence-corrected chi connectivity index (χ0v) is 10.0. The number of nitrogens with two attached hydrogens (primary N) is 1. The first-order valence-corrected chi connectivity index (χ1v) is 5.54. The molecule has 0 fully saturated rings. The normalized spacial score (nSPS) is 11.2. The third kappa shape index (κ3) is 1.39.